The lowest BCUT2D eigenvalue weighted by Gasteiger charge is -2.20. The second-order valence-electron chi connectivity index (χ2n) is 5.66. The molecule has 1 rings (SSSR count). The van der Waals surface area contributed by atoms with Crippen molar-refractivity contribution < 1.29 is 11.3 Å². The molecule has 0 aromatic heterocycles. The molecule has 1 atom stereocenters. The molecule has 104 valence electrons. The summed E-state index contributed by atoms with van der Waals surface area (Å²) in [5.41, 5.74) is 5.25. The number of nitrogens with zero attached hydrogens (tertiary/aromatic N) is 1. The first-order chi connectivity index (χ1) is 8.30. The molecule has 1 fully saturated rings. The first-order valence-electron chi connectivity index (χ1n) is 6.33. The third-order valence-corrected chi connectivity index (χ3v) is 2.90. The molecular formula is C13H25N3O2. The second-order valence-corrected chi connectivity index (χ2v) is 5.66. The van der Waals surface area contributed by atoms with Crippen molar-refractivity contribution in [3.63, 3.8) is 0 Å². The van der Waals surface area contributed by atoms with Crippen LogP contribution in [-0.2, 0) is 4.79 Å². The number of rotatable bonds is 2. The smallest absolute Gasteiger partial charge is 0.264 e. The van der Waals surface area contributed by atoms with E-state index in [0.29, 0.717) is 0 Å². The summed E-state index contributed by atoms with van der Waals surface area (Å²) in [5.74, 6) is -0.0851. The maximum absolute atomic E-state index is 11.8. The van der Waals surface area contributed by atoms with Gasteiger partial charge in [-0.15, -0.1) is 0 Å². The molecule has 0 radical (unpaired) electrons. The predicted octanol–water partition coefficient (Wildman–Crippen LogP) is 1.75. The van der Waals surface area contributed by atoms with E-state index in [1.165, 1.54) is 6.08 Å². The number of aliphatic imine (C=N–C) groups is 1. The first kappa shape index (κ1) is 14.7. The Morgan fingerprint density at radius 3 is 2.67 bits per heavy atom. The normalized spacial score (nSPS) is 22.9. The van der Waals surface area contributed by atoms with Gasteiger partial charge in [0.1, 0.15) is 11.6 Å². The molecule has 1 aliphatic heterocycles. The maximum Gasteiger partial charge on any atom is 0.264 e. The number of amidine groups is 1. The summed E-state index contributed by atoms with van der Waals surface area (Å²) >= 11 is 0. The van der Waals surface area contributed by atoms with Gasteiger partial charge in [0.15, 0.2) is 0 Å². The van der Waals surface area contributed by atoms with E-state index in [0.717, 1.165) is 25.8 Å². The number of aliphatic hydroxyl groups is 1. The molecule has 1 saturated heterocycles. The van der Waals surface area contributed by atoms with Crippen LogP contribution < -0.4 is 11.1 Å². The van der Waals surface area contributed by atoms with E-state index in [4.69, 9.17) is 5.73 Å². The van der Waals surface area contributed by atoms with Gasteiger partial charge >= 0.3 is 0 Å². The molecule has 0 unspecified atom stereocenters. The Morgan fingerprint density at radius 1 is 1.50 bits per heavy atom. The van der Waals surface area contributed by atoms with E-state index in [1.54, 1.807) is 0 Å². The lowest BCUT2D eigenvalue weighted by atomic mass is 9.93. The Bertz CT molecular complexity index is 367. The third kappa shape index (κ3) is 4.49. The standard InChI is InChI=1S/C13H23N3O2.H2/c1-13(2,3)10(17)8-11(14)16-12(18)9-6-4-5-7-15-9;/h8-9,15,17H,4-7H2,1-3H3,(H2,14,16,18);1H/b10-8-;/t9-;/m0./s1. The first-order valence-corrected chi connectivity index (χ1v) is 6.33. The van der Waals surface area contributed by atoms with Crippen molar-refractivity contribution in [1.82, 2.24) is 5.32 Å². The van der Waals surface area contributed by atoms with Gasteiger partial charge < -0.3 is 16.2 Å². The van der Waals surface area contributed by atoms with Gasteiger partial charge in [-0.2, -0.15) is 4.99 Å². The van der Waals surface area contributed by atoms with Crippen LogP contribution in [-0.4, -0.2) is 29.4 Å². The highest BCUT2D eigenvalue weighted by Crippen LogP contribution is 2.22. The van der Waals surface area contributed by atoms with E-state index in [2.05, 4.69) is 10.3 Å². The van der Waals surface area contributed by atoms with Gasteiger partial charge in [0.25, 0.3) is 5.91 Å². The van der Waals surface area contributed by atoms with Gasteiger partial charge in [0, 0.05) is 12.9 Å². The molecule has 5 heteroatoms. The number of nitrogens with two attached hydrogens (primary N) is 1. The summed E-state index contributed by atoms with van der Waals surface area (Å²) in [6, 6.07) is -0.234. The minimum Gasteiger partial charge on any atom is -0.512 e. The van der Waals surface area contributed by atoms with Crippen molar-refractivity contribution in [1.29, 1.82) is 0 Å². The monoisotopic (exact) mass is 255 g/mol. The highest BCUT2D eigenvalue weighted by molar-refractivity contribution is 6.01. The molecule has 0 aromatic rings. The van der Waals surface area contributed by atoms with Crippen LogP contribution in [0.4, 0.5) is 0 Å². The van der Waals surface area contributed by atoms with E-state index in [-0.39, 0.29) is 25.0 Å². The zero-order valence-electron chi connectivity index (χ0n) is 11.4. The minimum atomic E-state index is -0.397. The molecule has 0 spiro atoms. The van der Waals surface area contributed by atoms with Crippen molar-refractivity contribution in [2.45, 2.75) is 46.1 Å². The molecule has 5 nitrogen and oxygen atoms in total. The lowest BCUT2D eigenvalue weighted by molar-refractivity contribution is -0.120. The van der Waals surface area contributed by atoms with Crippen LogP contribution in [0.25, 0.3) is 0 Å². The van der Waals surface area contributed by atoms with Crippen LogP contribution in [0.5, 0.6) is 0 Å². The van der Waals surface area contributed by atoms with Crippen molar-refractivity contribution in [2.75, 3.05) is 6.54 Å². The Labute approximate surface area is 110 Å². The summed E-state index contributed by atoms with van der Waals surface area (Å²) in [6.07, 6.45) is 4.26. The van der Waals surface area contributed by atoms with Gasteiger partial charge in [0.2, 0.25) is 0 Å². The molecule has 4 N–H and O–H groups in total. The van der Waals surface area contributed by atoms with Crippen molar-refractivity contribution in [2.24, 2.45) is 16.1 Å². The van der Waals surface area contributed by atoms with E-state index < -0.39 is 5.41 Å². The van der Waals surface area contributed by atoms with Crippen molar-refractivity contribution in [3.8, 4) is 0 Å². The van der Waals surface area contributed by atoms with Crippen molar-refractivity contribution >= 4 is 11.7 Å². The van der Waals surface area contributed by atoms with Crippen LogP contribution in [0.2, 0.25) is 0 Å². The topological polar surface area (TPSA) is 87.7 Å². The minimum absolute atomic E-state index is 0. The number of carbonyl (C=O) groups is 1. The number of amides is 1. The molecular weight excluding hydrogens is 230 g/mol. The van der Waals surface area contributed by atoms with Gasteiger partial charge in [-0.1, -0.05) is 27.2 Å². The van der Waals surface area contributed by atoms with Crippen LogP contribution in [0, 0.1) is 5.41 Å². The van der Waals surface area contributed by atoms with Crippen LogP contribution in [0.3, 0.4) is 0 Å². The number of carbonyl (C=O) groups excluding carboxylic acids is 1. The highest BCUT2D eigenvalue weighted by atomic mass is 16.3. The number of piperidine rings is 1. The molecule has 0 bridgehead atoms. The third-order valence-electron chi connectivity index (χ3n) is 2.90. The number of nitrogens with one attached hydrogen (secondary N) is 1. The quantitative estimate of drug-likeness (QED) is 0.398. The SMILES string of the molecule is CC(C)(C)/C(O)=C/C(N)=NC(=O)[C@@H]1CCCCN1.[HH]. The summed E-state index contributed by atoms with van der Waals surface area (Å²) in [5, 5.41) is 12.9. The zero-order chi connectivity index (χ0) is 13.8. The van der Waals surface area contributed by atoms with Crippen LogP contribution >= 0.6 is 0 Å². The largest absolute Gasteiger partial charge is 0.512 e. The molecule has 1 amide bonds. The summed E-state index contributed by atoms with van der Waals surface area (Å²) in [4.78, 5) is 15.6. The number of hydrogen-bond acceptors (Lipinski definition) is 3. The Balaban J connectivity index is 0.00000324. The highest BCUT2D eigenvalue weighted by Gasteiger charge is 2.20. The van der Waals surface area contributed by atoms with Gasteiger partial charge in [-0.25, -0.2) is 0 Å². The maximum atomic E-state index is 11.8. The fraction of sp³-hybridized carbons (Fsp3) is 0.692. The molecule has 1 heterocycles. The molecule has 18 heavy (non-hydrogen) atoms. The van der Waals surface area contributed by atoms with Gasteiger partial charge in [-0.05, 0) is 19.4 Å². The average Bonchev–Trinajstić information content (AvgIpc) is 2.28. The number of aliphatic hydroxyl groups excluding tert-OH is 1. The molecule has 0 aliphatic carbocycles. The summed E-state index contributed by atoms with van der Waals surface area (Å²) in [7, 11) is 0. The van der Waals surface area contributed by atoms with Crippen LogP contribution in [0.1, 0.15) is 41.5 Å². The lowest BCUT2D eigenvalue weighted by Crippen LogP contribution is -2.40. The number of allylic oxidation sites excluding steroid dienone is 1. The summed E-state index contributed by atoms with van der Waals surface area (Å²) < 4.78 is 0. The fourth-order valence-electron chi connectivity index (χ4n) is 1.66. The number of hydrogen-bond donors (Lipinski definition) is 3. The zero-order valence-corrected chi connectivity index (χ0v) is 11.4. The Hall–Kier alpha value is -1.36. The van der Waals surface area contributed by atoms with E-state index in [1.807, 2.05) is 20.8 Å². The summed E-state index contributed by atoms with van der Waals surface area (Å²) in [6.45, 7) is 6.42. The molecule has 0 aromatic carbocycles. The molecule has 0 saturated carbocycles. The fourth-order valence-corrected chi connectivity index (χ4v) is 1.66. The van der Waals surface area contributed by atoms with Gasteiger partial charge in [-0.3, -0.25) is 4.79 Å². The van der Waals surface area contributed by atoms with E-state index >= 15 is 0 Å². The second kappa shape index (κ2) is 6.00. The van der Waals surface area contributed by atoms with Gasteiger partial charge in [0.05, 0.1) is 6.04 Å². The predicted molar refractivity (Wildman–Crippen MR) is 74.6 cm³/mol. The van der Waals surface area contributed by atoms with E-state index in [9.17, 15) is 9.90 Å². The molecule has 1 aliphatic rings. The Morgan fingerprint density at radius 2 is 2.17 bits per heavy atom. The van der Waals surface area contributed by atoms with Crippen molar-refractivity contribution in [3.05, 3.63) is 11.8 Å². The average molecular weight is 255 g/mol. The van der Waals surface area contributed by atoms with Crippen LogP contribution in [0.15, 0.2) is 16.8 Å². The Kier molecular flexibility index (Phi) is 4.90.